The van der Waals surface area contributed by atoms with Gasteiger partial charge in [0.1, 0.15) is 11.5 Å². The number of aliphatic imine (C=N–C) groups is 1. The van der Waals surface area contributed by atoms with Crippen LogP contribution in [-0.2, 0) is 4.79 Å². The third-order valence-electron chi connectivity index (χ3n) is 4.74. The Morgan fingerprint density at radius 1 is 0.906 bits per heavy atom. The number of hydrogen-bond donors (Lipinski definition) is 3. The lowest BCUT2D eigenvalue weighted by atomic mass is 10.2. The summed E-state index contributed by atoms with van der Waals surface area (Å²) in [7, 11) is 0. The number of hydrogen-bond acceptors (Lipinski definition) is 7. The minimum absolute atomic E-state index is 0.0483. The molecule has 32 heavy (non-hydrogen) atoms. The largest absolute Gasteiger partial charge is 0.508 e. The van der Waals surface area contributed by atoms with E-state index in [0.717, 1.165) is 16.8 Å². The number of azo groups is 1. The second kappa shape index (κ2) is 9.07. The Kier molecular flexibility index (Phi) is 6.04. The Bertz CT molecular complexity index is 1300. The van der Waals surface area contributed by atoms with E-state index in [1.165, 1.54) is 30.0 Å². The van der Waals surface area contributed by atoms with Crippen LogP contribution in [-0.4, -0.2) is 21.3 Å². The van der Waals surface area contributed by atoms with Gasteiger partial charge in [0, 0.05) is 11.6 Å². The number of aromatic hydroxyl groups is 2. The van der Waals surface area contributed by atoms with Gasteiger partial charge in [-0.1, -0.05) is 18.2 Å². The number of phenols is 2. The number of carbonyl (C=O) groups excluding carboxylic acids is 1. The Hall–Kier alpha value is -3.91. The highest BCUT2D eigenvalue weighted by Crippen LogP contribution is 2.33. The van der Waals surface area contributed by atoms with Crippen LogP contribution in [0.3, 0.4) is 0 Å². The summed E-state index contributed by atoms with van der Waals surface area (Å²) in [5.74, 6) is -0.460. The molecule has 1 saturated heterocycles. The predicted octanol–water partition coefficient (Wildman–Crippen LogP) is 6.02. The first-order valence-corrected chi connectivity index (χ1v) is 10.6. The zero-order valence-electron chi connectivity index (χ0n) is 17.4. The smallest absolute Gasteiger partial charge is 0.264 e. The fraction of sp³-hybridized carbons (Fsp3) is 0.0833. The van der Waals surface area contributed by atoms with Crippen LogP contribution in [0.15, 0.2) is 80.8 Å². The van der Waals surface area contributed by atoms with Crippen molar-refractivity contribution in [2.24, 2.45) is 15.2 Å². The standard InChI is InChI=1S/C24H20N4O3S/c1-14-5-3-4-6-20(14)28-27-17-8-10-19(15(2)11-17)25-24-26-23(31)22(32-24)12-16-7-9-18(29)13-21(16)30/h3-13,29-30H,1-2H3,(H,25,26,31)/b22-12-,28-27?. The average molecular weight is 445 g/mol. The number of amidine groups is 1. The Morgan fingerprint density at radius 3 is 2.47 bits per heavy atom. The van der Waals surface area contributed by atoms with Crippen molar-refractivity contribution in [1.29, 1.82) is 0 Å². The predicted molar refractivity (Wildman–Crippen MR) is 127 cm³/mol. The van der Waals surface area contributed by atoms with Gasteiger partial charge in [-0.3, -0.25) is 4.79 Å². The molecule has 0 aromatic heterocycles. The maximum atomic E-state index is 12.3. The molecule has 3 N–H and O–H groups in total. The average Bonchev–Trinajstić information content (AvgIpc) is 3.10. The molecule has 3 aromatic carbocycles. The number of nitrogens with one attached hydrogen (secondary N) is 1. The summed E-state index contributed by atoms with van der Waals surface area (Å²) >= 11 is 1.18. The highest BCUT2D eigenvalue weighted by Gasteiger charge is 2.24. The van der Waals surface area contributed by atoms with E-state index in [1.54, 1.807) is 6.08 Å². The summed E-state index contributed by atoms with van der Waals surface area (Å²) in [6, 6.07) is 17.5. The van der Waals surface area contributed by atoms with E-state index in [9.17, 15) is 15.0 Å². The zero-order valence-corrected chi connectivity index (χ0v) is 18.2. The first-order valence-electron chi connectivity index (χ1n) is 9.78. The van der Waals surface area contributed by atoms with Crippen LogP contribution in [0.4, 0.5) is 17.1 Å². The van der Waals surface area contributed by atoms with Crippen molar-refractivity contribution in [2.75, 3.05) is 0 Å². The summed E-state index contributed by atoms with van der Waals surface area (Å²) in [5.41, 5.74) is 4.61. The second-order valence-electron chi connectivity index (χ2n) is 7.18. The van der Waals surface area contributed by atoms with Crippen LogP contribution < -0.4 is 5.32 Å². The van der Waals surface area contributed by atoms with Crippen LogP contribution in [0, 0.1) is 13.8 Å². The normalized spacial score (nSPS) is 16.2. The number of amides is 1. The first-order chi connectivity index (χ1) is 15.4. The molecule has 1 aliphatic rings. The quantitative estimate of drug-likeness (QED) is 0.338. The van der Waals surface area contributed by atoms with Crippen molar-refractivity contribution >= 4 is 46.0 Å². The molecular formula is C24H20N4O3S. The van der Waals surface area contributed by atoms with Crippen LogP contribution in [0.25, 0.3) is 6.08 Å². The van der Waals surface area contributed by atoms with E-state index >= 15 is 0 Å². The van der Waals surface area contributed by atoms with Crippen LogP contribution in [0.5, 0.6) is 11.5 Å². The molecule has 0 atom stereocenters. The summed E-state index contributed by atoms with van der Waals surface area (Å²) in [5, 5.41) is 31.1. The maximum absolute atomic E-state index is 12.3. The van der Waals surface area contributed by atoms with Crippen molar-refractivity contribution in [3.8, 4) is 11.5 Å². The summed E-state index contributed by atoms with van der Waals surface area (Å²) in [6.07, 6.45) is 1.55. The topological polar surface area (TPSA) is 107 Å². The van der Waals surface area contributed by atoms with E-state index in [-0.39, 0.29) is 17.4 Å². The molecule has 0 radical (unpaired) electrons. The van der Waals surface area contributed by atoms with Crippen molar-refractivity contribution < 1.29 is 15.0 Å². The summed E-state index contributed by atoms with van der Waals surface area (Å²) in [6.45, 7) is 3.90. The van der Waals surface area contributed by atoms with Gasteiger partial charge in [0.15, 0.2) is 5.17 Å². The lowest BCUT2D eigenvalue weighted by Crippen LogP contribution is -2.19. The minimum Gasteiger partial charge on any atom is -0.508 e. The lowest BCUT2D eigenvalue weighted by molar-refractivity contribution is -0.115. The molecule has 0 spiro atoms. The molecular weight excluding hydrogens is 424 g/mol. The van der Waals surface area contributed by atoms with E-state index in [4.69, 9.17) is 0 Å². The monoisotopic (exact) mass is 444 g/mol. The molecule has 1 aliphatic heterocycles. The number of carbonyl (C=O) groups is 1. The molecule has 0 bridgehead atoms. The Balaban J connectivity index is 1.52. The number of thioether (sulfide) groups is 1. The molecule has 3 aromatic rings. The van der Waals surface area contributed by atoms with Gasteiger partial charge >= 0.3 is 0 Å². The Morgan fingerprint density at radius 2 is 1.72 bits per heavy atom. The molecule has 0 unspecified atom stereocenters. The first kappa shape index (κ1) is 21.3. The van der Waals surface area contributed by atoms with E-state index in [2.05, 4.69) is 20.5 Å². The molecule has 0 saturated carbocycles. The number of benzene rings is 3. The van der Waals surface area contributed by atoms with E-state index < -0.39 is 0 Å². The van der Waals surface area contributed by atoms with E-state index in [1.807, 2.05) is 56.3 Å². The third kappa shape index (κ3) is 4.87. The number of aryl methyl sites for hydroxylation is 2. The van der Waals surface area contributed by atoms with Crippen LogP contribution >= 0.6 is 11.8 Å². The lowest BCUT2D eigenvalue weighted by Gasteiger charge is -2.03. The van der Waals surface area contributed by atoms with Gasteiger partial charge < -0.3 is 15.5 Å². The van der Waals surface area contributed by atoms with Gasteiger partial charge in [-0.15, -0.1) is 0 Å². The molecule has 7 nitrogen and oxygen atoms in total. The van der Waals surface area contributed by atoms with Gasteiger partial charge in [-0.2, -0.15) is 10.2 Å². The molecule has 4 rings (SSSR count). The minimum atomic E-state index is -0.303. The van der Waals surface area contributed by atoms with Gasteiger partial charge in [-0.05, 0) is 79.2 Å². The van der Waals surface area contributed by atoms with Crippen LogP contribution in [0.1, 0.15) is 16.7 Å². The summed E-state index contributed by atoms with van der Waals surface area (Å²) in [4.78, 5) is 17.2. The molecule has 1 amide bonds. The Labute approximate surface area is 189 Å². The number of rotatable bonds is 4. The highest BCUT2D eigenvalue weighted by molar-refractivity contribution is 8.18. The van der Waals surface area contributed by atoms with Crippen LogP contribution in [0.2, 0.25) is 0 Å². The number of nitrogens with zero attached hydrogens (tertiary/aromatic N) is 3. The van der Waals surface area contributed by atoms with Crippen molar-refractivity contribution in [3.63, 3.8) is 0 Å². The molecule has 160 valence electrons. The van der Waals surface area contributed by atoms with Crippen molar-refractivity contribution in [2.45, 2.75) is 13.8 Å². The van der Waals surface area contributed by atoms with Gasteiger partial charge in [0.2, 0.25) is 0 Å². The molecule has 1 heterocycles. The van der Waals surface area contributed by atoms with Crippen molar-refractivity contribution in [3.05, 3.63) is 82.3 Å². The molecule has 0 aliphatic carbocycles. The van der Waals surface area contributed by atoms with Gasteiger partial charge in [0.05, 0.1) is 22.0 Å². The zero-order chi connectivity index (χ0) is 22.7. The SMILES string of the molecule is Cc1ccccc1N=Nc1ccc(N=C2NC(=O)/C(=C/c3ccc(O)cc3O)S2)c(C)c1. The summed E-state index contributed by atoms with van der Waals surface area (Å²) < 4.78 is 0. The fourth-order valence-electron chi connectivity index (χ4n) is 3.00. The molecule has 8 heteroatoms. The van der Waals surface area contributed by atoms with E-state index in [0.29, 0.717) is 27.0 Å². The van der Waals surface area contributed by atoms with Crippen molar-refractivity contribution in [1.82, 2.24) is 5.32 Å². The fourth-order valence-corrected chi connectivity index (χ4v) is 3.83. The molecule has 1 fully saturated rings. The van der Waals surface area contributed by atoms with Gasteiger partial charge in [-0.25, -0.2) is 4.99 Å². The second-order valence-corrected chi connectivity index (χ2v) is 8.21. The third-order valence-corrected chi connectivity index (χ3v) is 5.65. The maximum Gasteiger partial charge on any atom is 0.264 e. The van der Waals surface area contributed by atoms with Gasteiger partial charge in [0.25, 0.3) is 5.91 Å². The number of phenolic OH excluding ortho intramolecular Hbond substituents is 2. The highest BCUT2D eigenvalue weighted by atomic mass is 32.2.